The van der Waals surface area contributed by atoms with Crippen molar-refractivity contribution in [2.24, 2.45) is 5.11 Å². The second-order valence-electron chi connectivity index (χ2n) is 1.90. The quantitative estimate of drug-likeness (QED) is 0.206. The summed E-state index contributed by atoms with van der Waals surface area (Å²) < 4.78 is 10.2. The molecular formula is C6H13N3O2S. The first-order valence-corrected chi connectivity index (χ1v) is 4.32. The van der Waals surface area contributed by atoms with Crippen LogP contribution < -0.4 is 0 Å². The molecule has 0 fully saturated rings. The van der Waals surface area contributed by atoms with Gasteiger partial charge in [0.05, 0.1) is 26.4 Å². The van der Waals surface area contributed by atoms with Gasteiger partial charge < -0.3 is 9.47 Å². The van der Waals surface area contributed by atoms with E-state index in [0.717, 1.165) is 5.75 Å². The van der Waals surface area contributed by atoms with Crippen molar-refractivity contribution in [3.63, 3.8) is 0 Å². The molecule has 0 rings (SSSR count). The molecule has 0 aromatic rings. The van der Waals surface area contributed by atoms with Crippen LogP contribution in [0.1, 0.15) is 0 Å². The Bertz CT molecular complexity index is 139. The molecule has 0 saturated carbocycles. The Morgan fingerprint density at radius 3 is 2.42 bits per heavy atom. The second-order valence-corrected chi connectivity index (χ2v) is 2.35. The highest BCUT2D eigenvalue weighted by Gasteiger charge is 1.87. The summed E-state index contributed by atoms with van der Waals surface area (Å²) in [6, 6.07) is 0. The molecule has 0 bridgehead atoms. The minimum absolute atomic E-state index is 0.378. The van der Waals surface area contributed by atoms with Crippen LogP contribution in [0.2, 0.25) is 0 Å². The Morgan fingerprint density at radius 1 is 1.17 bits per heavy atom. The average Bonchev–Trinajstić information content (AvgIpc) is 2.10. The number of azide groups is 1. The molecule has 0 amide bonds. The Hall–Kier alpha value is -0.420. The molecule has 6 heteroatoms. The maximum atomic E-state index is 7.91. The van der Waals surface area contributed by atoms with E-state index in [-0.39, 0.29) is 0 Å². The maximum absolute atomic E-state index is 7.91. The van der Waals surface area contributed by atoms with E-state index >= 15 is 0 Å². The predicted molar refractivity (Wildman–Crippen MR) is 49.5 cm³/mol. The lowest BCUT2D eigenvalue weighted by Crippen LogP contribution is -2.07. The van der Waals surface area contributed by atoms with Gasteiger partial charge in [-0.3, -0.25) is 0 Å². The number of rotatable bonds is 8. The van der Waals surface area contributed by atoms with Crippen molar-refractivity contribution in [2.45, 2.75) is 0 Å². The molecule has 0 aliphatic heterocycles. The lowest BCUT2D eigenvalue weighted by atomic mass is 10.7. The van der Waals surface area contributed by atoms with Gasteiger partial charge in [-0.15, -0.1) is 0 Å². The molecule has 0 atom stereocenters. The molecule has 0 aromatic carbocycles. The lowest BCUT2D eigenvalue weighted by molar-refractivity contribution is 0.0572. The van der Waals surface area contributed by atoms with Crippen LogP contribution in [0.4, 0.5) is 0 Å². The van der Waals surface area contributed by atoms with E-state index in [9.17, 15) is 0 Å². The fraction of sp³-hybridized carbons (Fsp3) is 1.00. The zero-order valence-electron chi connectivity index (χ0n) is 6.85. The van der Waals surface area contributed by atoms with Gasteiger partial charge in [-0.2, -0.15) is 12.6 Å². The lowest BCUT2D eigenvalue weighted by Gasteiger charge is -2.02. The Labute approximate surface area is 77.1 Å². The number of ether oxygens (including phenoxy) is 2. The first-order chi connectivity index (χ1) is 5.91. The highest BCUT2D eigenvalue weighted by molar-refractivity contribution is 7.80. The van der Waals surface area contributed by atoms with Crippen molar-refractivity contribution in [2.75, 3.05) is 38.7 Å². The van der Waals surface area contributed by atoms with Gasteiger partial charge in [0.1, 0.15) is 0 Å². The molecule has 0 unspecified atom stereocenters. The van der Waals surface area contributed by atoms with Crippen molar-refractivity contribution in [1.29, 1.82) is 0 Å². The van der Waals surface area contributed by atoms with Gasteiger partial charge in [-0.25, -0.2) is 0 Å². The van der Waals surface area contributed by atoms with E-state index < -0.39 is 0 Å². The van der Waals surface area contributed by atoms with E-state index in [0.29, 0.717) is 33.0 Å². The molecule has 12 heavy (non-hydrogen) atoms. The first-order valence-electron chi connectivity index (χ1n) is 3.69. The van der Waals surface area contributed by atoms with Gasteiger partial charge in [0.2, 0.25) is 0 Å². The Kier molecular flexibility index (Phi) is 10.2. The summed E-state index contributed by atoms with van der Waals surface area (Å²) in [5.74, 6) is 0.721. The van der Waals surface area contributed by atoms with Gasteiger partial charge in [-0.05, 0) is 5.53 Å². The summed E-state index contributed by atoms with van der Waals surface area (Å²) in [6.07, 6.45) is 0. The fourth-order valence-electron chi connectivity index (χ4n) is 0.537. The monoisotopic (exact) mass is 191 g/mol. The topological polar surface area (TPSA) is 67.2 Å². The SMILES string of the molecule is [N-]=[N+]=NCCOCCOCCS. The highest BCUT2D eigenvalue weighted by Crippen LogP contribution is 1.81. The standard InChI is InChI=1S/C6H13N3O2S/c7-9-8-1-2-10-3-4-11-5-6-12/h12H,1-6H2. The molecule has 70 valence electrons. The second kappa shape index (κ2) is 10.6. The summed E-state index contributed by atoms with van der Waals surface area (Å²) in [5, 5.41) is 3.31. The van der Waals surface area contributed by atoms with Crippen LogP contribution in [0.25, 0.3) is 10.4 Å². The van der Waals surface area contributed by atoms with Gasteiger partial charge in [-0.1, -0.05) is 5.11 Å². The van der Waals surface area contributed by atoms with Crippen LogP contribution in [-0.4, -0.2) is 38.7 Å². The van der Waals surface area contributed by atoms with E-state index in [1.165, 1.54) is 0 Å². The number of hydrogen-bond acceptors (Lipinski definition) is 4. The zero-order valence-corrected chi connectivity index (χ0v) is 7.74. The number of hydrogen-bond donors (Lipinski definition) is 1. The van der Waals surface area contributed by atoms with E-state index in [1.807, 2.05) is 0 Å². The Balaban J connectivity index is 2.86. The fourth-order valence-corrected chi connectivity index (χ4v) is 0.666. The van der Waals surface area contributed by atoms with Crippen LogP contribution >= 0.6 is 12.6 Å². The number of nitrogens with zero attached hydrogens (tertiary/aromatic N) is 3. The molecule has 0 heterocycles. The first kappa shape index (κ1) is 11.6. The van der Waals surface area contributed by atoms with E-state index in [2.05, 4.69) is 22.7 Å². The summed E-state index contributed by atoms with van der Waals surface area (Å²) >= 11 is 3.97. The third kappa shape index (κ3) is 9.58. The maximum Gasteiger partial charge on any atom is 0.0700 e. The normalized spacial score (nSPS) is 9.42. The highest BCUT2D eigenvalue weighted by atomic mass is 32.1. The molecule has 0 spiro atoms. The number of thiol groups is 1. The van der Waals surface area contributed by atoms with Crippen molar-refractivity contribution in [1.82, 2.24) is 0 Å². The minimum atomic E-state index is 0.378. The molecule has 0 aliphatic rings. The van der Waals surface area contributed by atoms with Crippen LogP contribution in [0.5, 0.6) is 0 Å². The Morgan fingerprint density at radius 2 is 1.83 bits per heavy atom. The van der Waals surface area contributed by atoms with Crippen LogP contribution in [0.3, 0.4) is 0 Å². The van der Waals surface area contributed by atoms with Crippen LogP contribution in [-0.2, 0) is 9.47 Å². The molecule has 0 radical (unpaired) electrons. The third-order valence-electron chi connectivity index (χ3n) is 1.01. The zero-order chi connectivity index (χ0) is 9.07. The molecule has 5 nitrogen and oxygen atoms in total. The molecule has 0 saturated heterocycles. The summed E-state index contributed by atoms with van der Waals surface area (Å²) in [7, 11) is 0. The van der Waals surface area contributed by atoms with E-state index in [1.54, 1.807) is 0 Å². The summed E-state index contributed by atoms with van der Waals surface area (Å²) in [6.45, 7) is 2.58. The molecule has 0 aliphatic carbocycles. The van der Waals surface area contributed by atoms with E-state index in [4.69, 9.17) is 15.0 Å². The van der Waals surface area contributed by atoms with Gasteiger partial charge >= 0.3 is 0 Å². The molecular weight excluding hydrogens is 178 g/mol. The third-order valence-corrected chi connectivity index (χ3v) is 1.19. The predicted octanol–water partition coefficient (Wildman–Crippen LogP) is 1.26. The summed E-state index contributed by atoms with van der Waals surface area (Å²) in [4.78, 5) is 2.59. The largest absolute Gasteiger partial charge is 0.379 e. The van der Waals surface area contributed by atoms with Crippen molar-refractivity contribution < 1.29 is 9.47 Å². The van der Waals surface area contributed by atoms with Crippen molar-refractivity contribution in [3.8, 4) is 0 Å². The molecule has 0 aromatic heterocycles. The van der Waals surface area contributed by atoms with Gasteiger partial charge in [0.15, 0.2) is 0 Å². The smallest absolute Gasteiger partial charge is 0.0700 e. The van der Waals surface area contributed by atoms with Crippen molar-refractivity contribution in [3.05, 3.63) is 10.4 Å². The van der Waals surface area contributed by atoms with Crippen LogP contribution in [0, 0.1) is 0 Å². The van der Waals surface area contributed by atoms with Crippen LogP contribution in [0.15, 0.2) is 5.11 Å². The molecule has 0 N–H and O–H groups in total. The minimum Gasteiger partial charge on any atom is -0.379 e. The average molecular weight is 191 g/mol. The van der Waals surface area contributed by atoms with Crippen molar-refractivity contribution >= 4 is 12.6 Å². The van der Waals surface area contributed by atoms with Gasteiger partial charge in [0, 0.05) is 17.2 Å². The van der Waals surface area contributed by atoms with Gasteiger partial charge in [0.25, 0.3) is 0 Å². The summed E-state index contributed by atoms with van der Waals surface area (Å²) in [5.41, 5.74) is 7.91.